The molecule has 1 aromatic carbocycles. The maximum absolute atomic E-state index is 10.8. The molecule has 0 aliphatic heterocycles. The minimum Gasteiger partial charge on any atom is -0.508 e. The van der Waals surface area contributed by atoms with Gasteiger partial charge >= 0.3 is 5.97 Å². The minimum absolute atomic E-state index is 0.0228. The van der Waals surface area contributed by atoms with Gasteiger partial charge in [-0.15, -0.1) is 0 Å². The molecule has 0 spiro atoms. The van der Waals surface area contributed by atoms with E-state index in [2.05, 4.69) is 5.32 Å². The number of phenolic OH excluding ortho intramolecular Hbond substituents is 1. The number of aliphatic hydroxyl groups is 1. The van der Waals surface area contributed by atoms with E-state index in [0.29, 0.717) is 25.2 Å². The standard InChI is InChI=1S/C25H39NO5/c1-19(18-27)6-11-23(28)12-7-20(16-21-8-13-24(29)14-9-21)4-3-5-22(17-26-2)10-15-25(30)31/h8-10,13-15,18-20,22-23,26,28-29H,3-7,11-12,16-17H2,1-2H3,(H,30,31). The van der Waals surface area contributed by atoms with Crippen molar-refractivity contribution in [3.63, 3.8) is 0 Å². The van der Waals surface area contributed by atoms with Crippen molar-refractivity contribution in [2.75, 3.05) is 13.6 Å². The topological polar surface area (TPSA) is 107 Å². The van der Waals surface area contributed by atoms with Crippen LogP contribution in [0.4, 0.5) is 0 Å². The van der Waals surface area contributed by atoms with Gasteiger partial charge in [-0.2, -0.15) is 0 Å². The fourth-order valence-electron chi connectivity index (χ4n) is 3.83. The number of carbonyl (C=O) groups is 2. The molecule has 0 aliphatic rings. The lowest BCUT2D eigenvalue weighted by atomic mass is 9.87. The molecule has 0 fully saturated rings. The van der Waals surface area contributed by atoms with E-state index in [1.165, 1.54) is 6.08 Å². The Morgan fingerprint density at radius 1 is 1.06 bits per heavy atom. The van der Waals surface area contributed by atoms with Crippen LogP contribution in [0, 0.1) is 17.8 Å². The lowest BCUT2D eigenvalue weighted by Crippen LogP contribution is -2.18. The first-order valence-corrected chi connectivity index (χ1v) is 11.3. The molecular weight excluding hydrogens is 394 g/mol. The summed E-state index contributed by atoms with van der Waals surface area (Å²) in [5.74, 6) is -0.137. The number of hydrogen-bond acceptors (Lipinski definition) is 5. The molecule has 0 heterocycles. The first-order valence-electron chi connectivity index (χ1n) is 11.3. The third kappa shape index (κ3) is 13.0. The van der Waals surface area contributed by atoms with E-state index >= 15 is 0 Å². The Hall–Kier alpha value is -2.18. The third-order valence-corrected chi connectivity index (χ3v) is 5.72. The molecule has 4 N–H and O–H groups in total. The van der Waals surface area contributed by atoms with E-state index < -0.39 is 12.1 Å². The molecule has 0 saturated heterocycles. The number of rotatable bonds is 17. The van der Waals surface area contributed by atoms with Gasteiger partial charge < -0.3 is 25.4 Å². The largest absolute Gasteiger partial charge is 0.508 e. The molecule has 4 atom stereocenters. The van der Waals surface area contributed by atoms with Gasteiger partial charge in [0.05, 0.1) is 6.10 Å². The number of aldehydes is 1. The highest BCUT2D eigenvalue weighted by molar-refractivity contribution is 5.79. The van der Waals surface area contributed by atoms with Gasteiger partial charge in [-0.05, 0) is 75.1 Å². The molecule has 4 unspecified atom stereocenters. The summed E-state index contributed by atoms with van der Waals surface area (Å²) in [5.41, 5.74) is 1.16. The van der Waals surface area contributed by atoms with Gasteiger partial charge in [0.1, 0.15) is 12.0 Å². The molecule has 0 amide bonds. The number of hydrogen-bond donors (Lipinski definition) is 4. The second-order valence-corrected chi connectivity index (χ2v) is 8.60. The Morgan fingerprint density at radius 3 is 2.35 bits per heavy atom. The van der Waals surface area contributed by atoms with Crippen LogP contribution in [0.5, 0.6) is 5.75 Å². The molecule has 0 aliphatic carbocycles. The van der Waals surface area contributed by atoms with Crippen LogP contribution in [0.2, 0.25) is 0 Å². The van der Waals surface area contributed by atoms with Gasteiger partial charge in [-0.3, -0.25) is 0 Å². The second-order valence-electron chi connectivity index (χ2n) is 8.60. The highest BCUT2D eigenvalue weighted by Gasteiger charge is 2.15. The van der Waals surface area contributed by atoms with Crippen molar-refractivity contribution in [3.8, 4) is 5.75 Å². The van der Waals surface area contributed by atoms with Crippen LogP contribution in [0.1, 0.15) is 57.4 Å². The van der Waals surface area contributed by atoms with Crippen LogP contribution in [-0.2, 0) is 16.0 Å². The normalized spacial score (nSPS) is 15.5. The molecule has 6 heteroatoms. The smallest absolute Gasteiger partial charge is 0.327 e. The Balaban J connectivity index is 2.63. The van der Waals surface area contributed by atoms with Crippen molar-refractivity contribution in [1.29, 1.82) is 0 Å². The molecule has 174 valence electrons. The van der Waals surface area contributed by atoms with Crippen molar-refractivity contribution in [2.45, 2.75) is 64.4 Å². The number of aliphatic carboxylic acids is 1. The molecule has 1 aromatic rings. The summed E-state index contributed by atoms with van der Waals surface area (Å²) >= 11 is 0. The van der Waals surface area contributed by atoms with Crippen LogP contribution in [0.3, 0.4) is 0 Å². The molecule has 0 saturated carbocycles. The summed E-state index contributed by atoms with van der Waals surface area (Å²) in [7, 11) is 1.86. The Labute approximate surface area is 186 Å². The first kappa shape index (κ1) is 26.9. The molecule has 0 radical (unpaired) electrons. The number of benzene rings is 1. The maximum Gasteiger partial charge on any atom is 0.327 e. The summed E-state index contributed by atoms with van der Waals surface area (Å²) in [5, 5.41) is 31.8. The van der Waals surface area contributed by atoms with Crippen molar-refractivity contribution < 1.29 is 24.9 Å². The molecular formula is C25H39NO5. The first-order chi connectivity index (χ1) is 14.8. The number of nitrogens with one attached hydrogen (secondary N) is 1. The van der Waals surface area contributed by atoms with Gasteiger partial charge in [0.2, 0.25) is 0 Å². The Kier molecular flexibility index (Phi) is 13.5. The van der Waals surface area contributed by atoms with E-state index in [0.717, 1.165) is 50.5 Å². The van der Waals surface area contributed by atoms with E-state index in [9.17, 15) is 19.8 Å². The van der Waals surface area contributed by atoms with Crippen molar-refractivity contribution >= 4 is 12.3 Å². The Morgan fingerprint density at radius 2 is 1.74 bits per heavy atom. The number of aromatic hydroxyl groups is 1. The summed E-state index contributed by atoms with van der Waals surface area (Å²) in [6, 6.07) is 7.26. The van der Waals surface area contributed by atoms with E-state index in [-0.39, 0.29) is 17.6 Å². The van der Waals surface area contributed by atoms with Crippen LogP contribution in [0.15, 0.2) is 36.4 Å². The third-order valence-electron chi connectivity index (χ3n) is 5.72. The van der Waals surface area contributed by atoms with Crippen molar-refractivity contribution in [2.24, 2.45) is 17.8 Å². The summed E-state index contributed by atoms with van der Waals surface area (Å²) in [6.45, 7) is 2.60. The maximum atomic E-state index is 10.8. The average Bonchev–Trinajstić information content (AvgIpc) is 2.75. The molecule has 6 nitrogen and oxygen atoms in total. The number of phenols is 1. The van der Waals surface area contributed by atoms with Crippen LogP contribution in [0.25, 0.3) is 0 Å². The molecule has 31 heavy (non-hydrogen) atoms. The van der Waals surface area contributed by atoms with E-state index in [1.54, 1.807) is 18.2 Å². The number of aliphatic hydroxyl groups excluding tert-OH is 1. The highest BCUT2D eigenvalue weighted by Crippen LogP contribution is 2.25. The zero-order valence-electron chi connectivity index (χ0n) is 18.9. The quantitative estimate of drug-likeness (QED) is 0.219. The number of carbonyl (C=O) groups excluding carboxylic acids is 1. The molecule has 0 aromatic heterocycles. The van der Waals surface area contributed by atoms with Crippen molar-refractivity contribution in [3.05, 3.63) is 42.0 Å². The summed E-state index contributed by atoms with van der Waals surface area (Å²) in [4.78, 5) is 21.6. The van der Waals surface area contributed by atoms with Crippen LogP contribution in [-0.4, -0.2) is 47.3 Å². The zero-order chi connectivity index (χ0) is 23.1. The van der Waals surface area contributed by atoms with E-state index in [1.807, 2.05) is 26.1 Å². The van der Waals surface area contributed by atoms with Gasteiger partial charge in [-0.25, -0.2) is 4.79 Å². The van der Waals surface area contributed by atoms with Crippen molar-refractivity contribution in [1.82, 2.24) is 5.32 Å². The predicted octanol–water partition coefficient (Wildman–Crippen LogP) is 3.95. The minimum atomic E-state index is -0.927. The van der Waals surface area contributed by atoms with Gasteiger partial charge in [-0.1, -0.05) is 38.0 Å². The fourth-order valence-corrected chi connectivity index (χ4v) is 3.83. The predicted molar refractivity (Wildman–Crippen MR) is 123 cm³/mol. The second kappa shape index (κ2) is 15.6. The zero-order valence-corrected chi connectivity index (χ0v) is 18.9. The monoisotopic (exact) mass is 433 g/mol. The SMILES string of the molecule is CNCC(C=CC(=O)O)CCCC(CCC(O)CCC(C)C=O)Cc1ccc(O)cc1. The van der Waals surface area contributed by atoms with Gasteiger partial charge in [0, 0.05) is 18.5 Å². The van der Waals surface area contributed by atoms with Crippen LogP contribution < -0.4 is 5.32 Å². The molecule has 0 bridgehead atoms. The fraction of sp³-hybridized carbons (Fsp3) is 0.600. The van der Waals surface area contributed by atoms with Gasteiger partial charge in [0.25, 0.3) is 0 Å². The summed E-state index contributed by atoms with van der Waals surface area (Å²) in [6.07, 6.45) is 10.2. The molecule has 1 rings (SSSR count). The van der Waals surface area contributed by atoms with Crippen LogP contribution >= 0.6 is 0 Å². The lowest BCUT2D eigenvalue weighted by Gasteiger charge is -2.21. The van der Waals surface area contributed by atoms with E-state index in [4.69, 9.17) is 5.11 Å². The highest BCUT2D eigenvalue weighted by atomic mass is 16.4. The number of carboxylic acid groups (broad SMARTS) is 1. The summed E-state index contributed by atoms with van der Waals surface area (Å²) < 4.78 is 0. The number of carboxylic acids is 1. The van der Waals surface area contributed by atoms with Gasteiger partial charge in [0.15, 0.2) is 0 Å². The Bertz CT molecular complexity index is 658. The lowest BCUT2D eigenvalue weighted by molar-refractivity contribution is -0.131. The average molecular weight is 434 g/mol.